The molecule has 3 aromatic rings. The zero-order valence-corrected chi connectivity index (χ0v) is 18.1. The molecule has 1 atom stereocenters. The van der Waals surface area contributed by atoms with E-state index >= 15 is 0 Å². The molecule has 1 aliphatic carbocycles. The van der Waals surface area contributed by atoms with Gasteiger partial charge in [-0.2, -0.15) is 4.98 Å². The Balaban J connectivity index is 1.44. The van der Waals surface area contributed by atoms with Gasteiger partial charge in [-0.05, 0) is 30.7 Å². The maximum atomic E-state index is 10.8. The zero-order chi connectivity index (χ0) is 22.5. The summed E-state index contributed by atoms with van der Waals surface area (Å²) in [6, 6.07) is 16.2. The van der Waals surface area contributed by atoms with Crippen LogP contribution in [0.4, 0.5) is 0 Å². The lowest BCUT2D eigenvalue weighted by atomic mass is 10.0. The van der Waals surface area contributed by atoms with E-state index in [1.54, 1.807) is 11.9 Å². The summed E-state index contributed by atoms with van der Waals surface area (Å²) in [5, 5.41) is 13.0. The molecule has 0 saturated heterocycles. The van der Waals surface area contributed by atoms with Gasteiger partial charge in [0.25, 0.3) is 0 Å². The smallest absolute Gasteiger partial charge is 0.317 e. The fourth-order valence-corrected chi connectivity index (χ4v) is 3.55. The molecule has 1 heterocycles. The van der Waals surface area contributed by atoms with Gasteiger partial charge >= 0.3 is 5.97 Å². The summed E-state index contributed by atoms with van der Waals surface area (Å²) in [5.74, 6) is 0.130. The summed E-state index contributed by atoms with van der Waals surface area (Å²) >= 11 is 0. The van der Waals surface area contributed by atoms with Gasteiger partial charge in [-0.1, -0.05) is 89.6 Å². The molecule has 4 rings (SSSR count). The average Bonchev–Trinajstić information content (AvgIpc) is 3.12. The normalized spacial score (nSPS) is 15.6. The Morgan fingerprint density at radius 1 is 1.06 bits per heavy atom. The molecule has 0 fully saturated rings. The van der Waals surface area contributed by atoms with E-state index in [1.165, 1.54) is 5.56 Å². The third-order valence-electron chi connectivity index (χ3n) is 5.26. The Bertz CT molecular complexity index is 1170. The van der Waals surface area contributed by atoms with E-state index in [-0.39, 0.29) is 12.5 Å². The second kappa shape index (κ2) is 9.58. The van der Waals surface area contributed by atoms with Crippen molar-refractivity contribution in [2.24, 2.45) is 0 Å². The van der Waals surface area contributed by atoms with E-state index in [4.69, 9.17) is 9.63 Å². The summed E-state index contributed by atoms with van der Waals surface area (Å²) in [6.07, 6.45) is 10.3. The van der Waals surface area contributed by atoms with Crippen LogP contribution in [0.1, 0.15) is 28.5 Å². The van der Waals surface area contributed by atoms with Crippen molar-refractivity contribution < 1.29 is 14.4 Å². The molecule has 0 aliphatic heterocycles. The van der Waals surface area contributed by atoms with Gasteiger partial charge < -0.3 is 9.63 Å². The van der Waals surface area contributed by atoms with Crippen molar-refractivity contribution in [2.75, 3.05) is 13.6 Å². The van der Waals surface area contributed by atoms with Crippen LogP contribution < -0.4 is 0 Å². The first-order valence-electron chi connectivity index (χ1n) is 10.4. The Morgan fingerprint density at radius 2 is 1.78 bits per heavy atom. The van der Waals surface area contributed by atoms with Gasteiger partial charge in [0.2, 0.25) is 11.7 Å². The second-order valence-corrected chi connectivity index (χ2v) is 7.98. The van der Waals surface area contributed by atoms with Gasteiger partial charge in [-0.15, -0.1) is 0 Å². The van der Waals surface area contributed by atoms with Crippen molar-refractivity contribution in [3.8, 4) is 11.4 Å². The molecule has 1 unspecified atom stereocenters. The summed E-state index contributed by atoms with van der Waals surface area (Å²) < 4.78 is 5.55. The van der Waals surface area contributed by atoms with Gasteiger partial charge in [0.1, 0.15) is 0 Å². The number of allylic oxidation sites excluding steroid dienone is 6. The summed E-state index contributed by atoms with van der Waals surface area (Å²) in [7, 11) is 1.78. The van der Waals surface area contributed by atoms with Crippen LogP contribution >= 0.6 is 0 Å². The molecule has 32 heavy (non-hydrogen) atoms. The third kappa shape index (κ3) is 5.28. The highest BCUT2D eigenvalue weighted by Gasteiger charge is 2.16. The van der Waals surface area contributed by atoms with E-state index < -0.39 is 5.97 Å². The molecule has 0 amide bonds. The quantitative estimate of drug-likeness (QED) is 0.580. The van der Waals surface area contributed by atoms with Gasteiger partial charge in [0.05, 0.1) is 12.5 Å². The number of carboxylic acid groups (broad SMARTS) is 1. The van der Waals surface area contributed by atoms with E-state index in [2.05, 4.69) is 59.6 Å². The molecule has 0 bridgehead atoms. The first-order valence-corrected chi connectivity index (χ1v) is 10.4. The molecule has 0 radical (unpaired) electrons. The van der Waals surface area contributed by atoms with Crippen LogP contribution in [0, 0.1) is 6.92 Å². The largest absolute Gasteiger partial charge is 0.480 e. The number of aryl methyl sites for hydroxylation is 1. The average molecular weight is 428 g/mol. The minimum atomic E-state index is -0.841. The summed E-state index contributed by atoms with van der Waals surface area (Å²) in [5.41, 5.74) is 5.40. The highest BCUT2D eigenvalue weighted by molar-refractivity contribution is 5.76. The van der Waals surface area contributed by atoms with E-state index in [0.29, 0.717) is 18.3 Å². The maximum absolute atomic E-state index is 10.8. The standard InChI is InChI=1S/C26H25N3O3/c1-18-6-10-21(11-7-18)20-4-3-5-23(15-14-20)26-27-25(28-32-26)22-12-8-19(9-13-22)16-29(2)17-24(30)31/h3-15,23H,16-17H2,1-2H3,(H,30,31). The second-order valence-electron chi connectivity index (χ2n) is 7.98. The lowest BCUT2D eigenvalue weighted by Crippen LogP contribution is -2.25. The molecule has 0 saturated carbocycles. The molecule has 0 spiro atoms. The van der Waals surface area contributed by atoms with Gasteiger partial charge in [0.15, 0.2) is 0 Å². The maximum Gasteiger partial charge on any atom is 0.317 e. The van der Waals surface area contributed by atoms with Crippen LogP contribution in [0.25, 0.3) is 17.0 Å². The Hall–Kier alpha value is -3.77. The fourth-order valence-electron chi connectivity index (χ4n) is 3.55. The van der Waals surface area contributed by atoms with Crippen molar-refractivity contribution >= 4 is 11.5 Å². The molecule has 1 N–H and O–H groups in total. The van der Waals surface area contributed by atoms with Crippen molar-refractivity contribution in [2.45, 2.75) is 19.4 Å². The predicted molar refractivity (Wildman–Crippen MR) is 124 cm³/mol. The fraction of sp³-hybridized carbons (Fsp3) is 0.192. The molecule has 6 heteroatoms. The number of hydrogen-bond acceptors (Lipinski definition) is 5. The number of carboxylic acids is 1. The Labute approximate surface area is 187 Å². The number of aromatic nitrogens is 2. The van der Waals surface area contributed by atoms with E-state index in [9.17, 15) is 4.79 Å². The molecule has 1 aromatic heterocycles. The summed E-state index contributed by atoms with van der Waals surface area (Å²) in [4.78, 5) is 17.2. The van der Waals surface area contributed by atoms with Crippen LogP contribution in [-0.2, 0) is 11.3 Å². The van der Waals surface area contributed by atoms with Crippen molar-refractivity contribution in [1.29, 1.82) is 0 Å². The number of hydrogen-bond donors (Lipinski definition) is 1. The molecule has 1 aliphatic rings. The number of likely N-dealkylation sites (N-methyl/N-ethyl adjacent to an activating group) is 1. The number of aliphatic carboxylic acids is 1. The molecule has 2 aromatic carbocycles. The highest BCUT2D eigenvalue weighted by Crippen LogP contribution is 2.27. The molecule has 162 valence electrons. The SMILES string of the molecule is Cc1ccc(C2=CC=CC(c3nc(-c4ccc(CN(C)CC(=O)O)cc4)no3)C=C2)cc1. The minimum absolute atomic E-state index is 0.00113. The number of rotatable bonds is 7. The predicted octanol–water partition coefficient (Wildman–Crippen LogP) is 4.85. The lowest BCUT2D eigenvalue weighted by Gasteiger charge is -2.13. The number of nitrogens with zero attached hydrogens (tertiary/aromatic N) is 3. The monoisotopic (exact) mass is 427 g/mol. The van der Waals surface area contributed by atoms with E-state index in [1.807, 2.05) is 36.4 Å². The van der Waals surface area contributed by atoms with Gasteiger partial charge in [-0.3, -0.25) is 9.69 Å². The van der Waals surface area contributed by atoms with Gasteiger partial charge in [0, 0.05) is 12.1 Å². The first kappa shape index (κ1) is 21.5. The van der Waals surface area contributed by atoms with Crippen LogP contribution in [0.15, 0.2) is 83.4 Å². The first-order chi connectivity index (χ1) is 15.5. The van der Waals surface area contributed by atoms with Crippen molar-refractivity contribution in [3.05, 3.63) is 101 Å². The molecule has 6 nitrogen and oxygen atoms in total. The van der Waals surface area contributed by atoms with Crippen molar-refractivity contribution in [3.63, 3.8) is 0 Å². The molecular formula is C26H25N3O3. The van der Waals surface area contributed by atoms with Gasteiger partial charge in [-0.25, -0.2) is 0 Å². The zero-order valence-electron chi connectivity index (χ0n) is 18.1. The summed E-state index contributed by atoms with van der Waals surface area (Å²) in [6.45, 7) is 2.63. The number of carbonyl (C=O) groups is 1. The van der Waals surface area contributed by atoms with Crippen molar-refractivity contribution in [1.82, 2.24) is 15.0 Å². The third-order valence-corrected chi connectivity index (χ3v) is 5.26. The Kier molecular flexibility index (Phi) is 6.42. The van der Waals surface area contributed by atoms with E-state index in [0.717, 1.165) is 22.3 Å². The Morgan fingerprint density at radius 3 is 2.50 bits per heavy atom. The van der Waals surface area contributed by atoms with Crippen LogP contribution in [-0.4, -0.2) is 39.7 Å². The number of benzene rings is 2. The topological polar surface area (TPSA) is 79.5 Å². The molecular weight excluding hydrogens is 402 g/mol. The van der Waals surface area contributed by atoms with Crippen LogP contribution in [0.2, 0.25) is 0 Å². The van der Waals surface area contributed by atoms with Crippen LogP contribution in [0.3, 0.4) is 0 Å². The highest BCUT2D eigenvalue weighted by atomic mass is 16.5. The van der Waals surface area contributed by atoms with Crippen LogP contribution in [0.5, 0.6) is 0 Å². The minimum Gasteiger partial charge on any atom is -0.480 e. The lowest BCUT2D eigenvalue weighted by molar-refractivity contribution is -0.138.